The number of rotatable bonds is 4. The number of hydrogen-bond donors (Lipinski definition) is 3. The molecule has 2 aromatic carbocycles. The number of furan rings is 1. The highest BCUT2D eigenvalue weighted by Crippen LogP contribution is 2.33. The highest BCUT2D eigenvalue weighted by Gasteiger charge is 2.43. The van der Waals surface area contributed by atoms with E-state index in [0.29, 0.717) is 36.8 Å². The third kappa shape index (κ3) is 3.09. The van der Waals surface area contributed by atoms with Crippen LogP contribution in [0.25, 0.3) is 21.9 Å². The smallest absolute Gasteiger partial charge is 0.264 e. The van der Waals surface area contributed by atoms with Gasteiger partial charge in [-0.1, -0.05) is 37.5 Å². The van der Waals surface area contributed by atoms with E-state index in [2.05, 4.69) is 4.72 Å². The third-order valence-corrected chi connectivity index (χ3v) is 6.77. The second-order valence-electron chi connectivity index (χ2n) is 6.95. The molecule has 27 heavy (non-hydrogen) atoms. The number of amides is 1. The van der Waals surface area contributed by atoms with Crippen molar-refractivity contribution in [3.8, 4) is 0 Å². The van der Waals surface area contributed by atoms with Crippen molar-refractivity contribution in [1.29, 1.82) is 0 Å². The van der Waals surface area contributed by atoms with Crippen molar-refractivity contribution in [2.45, 2.75) is 42.5 Å². The van der Waals surface area contributed by atoms with Gasteiger partial charge in [0.1, 0.15) is 16.7 Å². The van der Waals surface area contributed by atoms with E-state index in [1.807, 2.05) is 24.3 Å². The molecule has 7 nitrogen and oxygen atoms in total. The van der Waals surface area contributed by atoms with Crippen LogP contribution in [-0.2, 0) is 14.8 Å². The quantitative estimate of drug-likeness (QED) is 0.470. The van der Waals surface area contributed by atoms with Crippen LogP contribution in [0, 0.1) is 0 Å². The minimum Gasteiger partial charge on any atom is -0.456 e. The standard InChI is InChI=1S/C19H20N2O5S/c22-18(20-23)19(10-4-1-5-11-19)21-27(24,25)13-8-9-15-14-6-2-3-7-16(14)26-17(15)12-13/h2-3,6-9,12,21,23H,1,4-5,10-11H2,(H,20,22). The van der Waals surface area contributed by atoms with Crippen molar-refractivity contribution in [2.75, 3.05) is 0 Å². The monoisotopic (exact) mass is 388 g/mol. The second kappa shape index (κ2) is 6.63. The molecule has 0 aliphatic heterocycles. The fourth-order valence-electron chi connectivity index (χ4n) is 3.83. The van der Waals surface area contributed by atoms with Gasteiger partial charge in [-0.3, -0.25) is 10.0 Å². The first-order chi connectivity index (χ1) is 13.0. The van der Waals surface area contributed by atoms with Crippen molar-refractivity contribution >= 4 is 37.9 Å². The van der Waals surface area contributed by atoms with Gasteiger partial charge in [0.05, 0.1) is 4.90 Å². The maximum Gasteiger partial charge on any atom is 0.264 e. The number of nitrogens with one attached hydrogen (secondary N) is 2. The molecule has 0 bridgehead atoms. The first-order valence-corrected chi connectivity index (χ1v) is 10.3. The Bertz CT molecular complexity index is 1110. The molecule has 1 amide bonds. The van der Waals surface area contributed by atoms with Gasteiger partial charge in [-0.2, -0.15) is 4.72 Å². The average molecular weight is 388 g/mol. The number of hydroxylamine groups is 1. The number of sulfonamides is 1. The van der Waals surface area contributed by atoms with E-state index in [1.165, 1.54) is 12.1 Å². The molecular weight excluding hydrogens is 368 g/mol. The molecule has 0 saturated heterocycles. The summed E-state index contributed by atoms with van der Waals surface area (Å²) in [6.45, 7) is 0. The van der Waals surface area contributed by atoms with E-state index in [0.717, 1.165) is 17.2 Å². The van der Waals surface area contributed by atoms with Crippen LogP contribution in [-0.4, -0.2) is 25.1 Å². The van der Waals surface area contributed by atoms with Crippen molar-refractivity contribution < 1.29 is 22.8 Å². The van der Waals surface area contributed by atoms with Gasteiger partial charge in [0.25, 0.3) is 5.91 Å². The fourth-order valence-corrected chi connectivity index (χ4v) is 5.27. The molecule has 142 valence electrons. The van der Waals surface area contributed by atoms with Gasteiger partial charge in [0, 0.05) is 16.8 Å². The summed E-state index contributed by atoms with van der Waals surface area (Å²) in [6.07, 6.45) is 3.02. The van der Waals surface area contributed by atoms with E-state index >= 15 is 0 Å². The molecule has 1 saturated carbocycles. The molecule has 1 aliphatic rings. The molecular formula is C19H20N2O5S. The number of para-hydroxylation sites is 1. The summed E-state index contributed by atoms with van der Waals surface area (Å²) in [6, 6.07) is 12.1. The zero-order valence-corrected chi connectivity index (χ0v) is 15.4. The number of benzene rings is 2. The number of hydrogen-bond acceptors (Lipinski definition) is 5. The summed E-state index contributed by atoms with van der Waals surface area (Å²) >= 11 is 0. The van der Waals surface area contributed by atoms with Crippen molar-refractivity contribution in [2.24, 2.45) is 0 Å². The molecule has 0 unspecified atom stereocenters. The van der Waals surface area contributed by atoms with Crippen LogP contribution in [0.4, 0.5) is 0 Å². The third-order valence-electron chi connectivity index (χ3n) is 5.23. The minimum atomic E-state index is -3.98. The van der Waals surface area contributed by atoms with E-state index in [9.17, 15) is 13.2 Å². The Morgan fingerprint density at radius 3 is 2.44 bits per heavy atom. The average Bonchev–Trinajstić information content (AvgIpc) is 3.05. The molecule has 1 aliphatic carbocycles. The molecule has 4 rings (SSSR count). The zero-order chi connectivity index (χ0) is 19.1. The first-order valence-electron chi connectivity index (χ1n) is 8.85. The van der Waals surface area contributed by atoms with Gasteiger partial charge in [-0.05, 0) is 31.0 Å². The Hall–Kier alpha value is -2.42. The molecule has 8 heteroatoms. The van der Waals surface area contributed by atoms with Crippen LogP contribution in [0.2, 0.25) is 0 Å². The number of carbonyl (C=O) groups excluding carboxylic acids is 1. The molecule has 3 aromatic rings. The van der Waals surface area contributed by atoms with E-state index < -0.39 is 21.5 Å². The normalized spacial score (nSPS) is 17.2. The fraction of sp³-hybridized carbons (Fsp3) is 0.316. The van der Waals surface area contributed by atoms with Crippen LogP contribution in [0.1, 0.15) is 32.1 Å². The highest BCUT2D eigenvalue weighted by atomic mass is 32.2. The molecule has 0 radical (unpaired) electrons. The summed E-state index contributed by atoms with van der Waals surface area (Å²) in [7, 11) is -3.98. The topological polar surface area (TPSA) is 109 Å². The van der Waals surface area contributed by atoms with Gasteiger partial charge in [-0.25, -0.2) is 13.9 Å². The Morgan fingerprint density at radius 1 is 1.00 bits per heavy atom. The molecule has 1 aromatic heterocycles. The maximum absolute atomic E-state index is 13.0. The zero-order valence-electron chi connectivity index (χ0n) is 14.6. The Balaban J connectivity index is 1.74. The predicted molar refractivity (Wildman–Crippen MR) is 99.8 cm³/mol. The van der Waals surface area contributed by atoms with Crippen molar-refractivity contribution in [3.63, 3.8) is 0 Å². The van der Waals surface area contributed by atoms with Gasteiger partial charge in [-0.15, -0.1) is 0 Å². The van der Waals surface area contributed by atoms with Crippen LogP contribution >= 0.6 is 0 Å². The molecule has 0 atom stereocenters. The second-order valence-corrected chi connectivity index (χ2v) is 8.63. The lowest BCUT2D eigenvalue weighted by atomic mass is 9.82. The lowest BCUT2D eigenvalue weighted by Gasteiger charge is -2.35. The van der Waals surface area contributed by atoms with Gasteiger partial charge in [0.15, 0.2) is 0 Å². The van der Waals surface area contributed by atoms with Crippen LogP contribution in [0.3, 0.4) is 0 Å². The first kappa shape index (κ1) is 18.0. The number of carbonyl (C=O) groups is 1. The summed E-state index contributed by atoms with van der Waals surface area (Å²) in [5.74, 6) is -0.726. The SMILES string of the molecule is O=C(NO)C1(NS(=O)(=O)c2ccc3c(c2)oc2ccccc23)CCCCC1. The van der Waals surface area contributed by atoms with E-state index in [4.69, 9.17) is 9.62 Å². The van der Waals surface area contributed by atoms with Crippen molar-refractivity contribution in [1.82, 2.24) is 10.2 Å². The molecule has 0 spiro atoms. The lowest BCUT2D eigenvalue weighted by molar-refractivity contribution is -0.136. The summed E-state index contributed by atoms with van der Waals surface area (Å²) in [5.41, 5.74) is 1.41. The maximum atomic E-state index is 13.0. The largest absolute Gasteiger partial charge is 0.456 e. The van der Waals surface area contributed by atoms with Crippen molar-refractivity contribution in [3.05, 3.63) is 42.5 Å². The van der Waals surface area contributed by atoms with E-state index in [1.54, 1.807) is 11.5 Å². The number of fused-ring (bicyclic) bond motifs is 3. The molecule has 3 N–H and O–H groups in total. The molecule has 1 heterocycles. The summed E-state index contributed by atoms with van der Waals surface area (Å²) < 4.78 is 34.2. The lowest BCUT2D eigenvalue weighted by Crippen LogP contribution is -2.59. The van der Waals surface area contributed by atoms with Crippen LogP contribution < -0.4 is 10.2 Å². The summed E-state index contributed by atoms with van der Waals surface area (Å²) in [4.78, 5) is 12.2. The van der Waals surface area contributed by atoms with Gasteiger partial charge >= 0.3 is 0 Å². The predicted octanol–water partition coefficient (Wildman–Crippen LogP) is 3.07. The Morgan fingerprint density at radius 2 is 1.70 bits per heavy atom. The van der Waals surface area contributed by atoms with E-state index in [-0.39, 0.29) is 4.90 Å². The molecule has 1 fully saturated rings. The minimum absolute atomic E-state index is 0.0183. The summed E-state index contributed by atoms with van der Waals surface area (Å²) in [5, 5.41) is 10.8. The van der Waals surface area contributed by atoms with Crippen LogP contribution in [0.15, 0.2) is 51.8 Å². The Kier molecular flexibility index (Phi) is 4.41. The highest BCUT2D eigenvalue weighted by molar-refractivity contribution is 7.89. The Labute approximate surface area is 156 Å². The van der Waals surface area contributed by atoms with Gasteiger partial charge < -0.3 is 4.42 Å². The van der Waals surface area contributed by atoms with Crippen LogP contribution in [0.5, 0.6) is 0 Å². The van der Waals surface area contributed by atoms with Gasteiger partial charge in [0.2, 0.25) is 10.0 Å².